The van der Waals surface area contributed by atoms with Gasteiger partial charge in [0.05, 0.1) is 26.9 Å². The topological polar surface area (TPSA) is 56.8 Å². The molecule has 0 spiro atoms. The van der Waals surface area contributed by atoms with Gasteiger partial charge in [0.1, 0.15) is 17.2 Å². The summed E-state index contributed by atoms with van der Waals surface area (Å²) in [7, 11) is 3.19. The van der Waals surface area contributed by atoms with E-state index < -0.39 is 0 Å². The van der Waals surface area contributed by atoms with Gasteiger partial charge in [-0.05, 0) is 36.8 Å². The third-order valence-electron chi connectivity index (χ3n) is 3.51. The molecule has 2 rings (SSSR count). The molecular formula is C18H21NO4. The van der Waals surface area contributed by atoms with E-state index in [9.17, 15) is 4.79 Å². The van der Waals surface area contributed by atoms with Gasteiger partial charge >= 0.3 is 0 Å². The van der Waals surface area contributed by atoms with Crippen LogP contribution in [-0.2, 0) is 4.79 Å². The fourth-order valence-corrected chi connectivity index (χ4v) is 2.41. The number of ether oxygens (including phenoxy) is 3. The molecule has 0 radical (unpaired) electrons. The number of amides is 1. The van der Waals surface area contributed by atoms with Crippen molar-refractivity contribution < 1.29 is 19.0 Å². The van der Waals surface area contributed by atoms with Crippen LogP contribution in [-0.4, -0.2) is 27.2 Å². The molecule has 1 amide bonds. The first-order valence-corrected chi connectivity index (χ1v) is 7.37. The Morgan fingerprint density at radius 2 is 1.74 bits per heavy atom. The molecule has 0 heterocycles. The third-order valence-corrected chi connectivity index (χ3v) is 3.51. The predicted octanol–water partition coefficient (Wildman–Crippen LogP) is 2.94. The molecule has 0 bridgehead atoms. The van der Waals surface area contributed by atoms with Gasteiger partial charge in [-0.3, -0.25) is 4.79 Å². The van der Waals surface area contributed by atoms with Gasteiger partial charge in [0.2, 0.25) is 6.41 Å². The van der Waals surface area contributed by atoms with Gasteiger partial charge in [-0.15, -0.1) is 0 Å². The van der Waals surface area contributed by atoms with E-state index in [1.165, 1.54) is 0 Å². The molecule has 0 saturated carbocycles. The van der Waals surface area contributed by atoms with Crippen LogP contribution in [0, 0.1) is 0 Å². The molecule has 122 valence electrons. The van der Waals surface area contributed by atoms with E-state index in [0.29, 0.717) is 24.5 Å². The lowest BCUT2D eigenvalue weighted by Crippen LogP contribution is -2.21. The van der Waals surface area contributed by atoms with Crippen LogP contribution in [0.1, 0.15) is 24.1 Å². The molecule has 0 fully saturated rings. The van der Waals surface area contributed by atoms with Gasteiger partial charge in [0.25, 0.3) is 0 Å². The molecule has 2 aromatic rings. The third kappa shape index (κ3) is 3.94. The Labute approximate surface area is 136 Å². The highest BCUT2D eigenvalue weighted by molar-refractivity contribution is 5.54. The van der Waals surface area contributed by atoms with Crippen molar-refractivity contribution in [3.8, 4) is 17.2 Å². The maximum atomic E-state index is 11.1. The van der Waals surface area contributed by atoms with E-state index >= 15 is 0 Å². The maximum absolute atomic E-state index is 11.1. The molecule has 1 N–H and O–H groups in total. The highest BCUT2D eigenvalue weighted by atomic mass is 16.5. The summed E-state index contributed by atoms with van der Waals surface area (Å²) in [6.07, 6.45) is 0.685. The van der Waals surface area contributed by atoms with Crippen molar-refractivity contribution in [2.75, 3.05) is 20.8 Å². The number of rotatable bonds is 8. The van der Waals surface area contributed by atoms with Gasteiger partial charge in [-0.25, -0.2) is 0 Å². The minimum absolute atomic E-state index is 0.316. The lowest BCUT2D eigenvalue weighted by Gasteiger charge is -2.20. The van der Waals surface area contributed by atoms with E-state index in [-0.39, 0.29) is 6.04 Å². The lowest BCUT2D eigenvalue weighted by atomic mass is 9.97. The summed E-state index contributed by atoms with van der Waals surface area (Å²) in [6, 6.07) is 12.8. The molecule has 0 aliphatic heterocycles. The Morgan fingerprint density at radius 3 is 2.30 bits per heavy atom. The van der Waals surface area contributed by atoms with Gasteiger partial charge in [-0.1, -0.05) is 12.1 Å². The van der Waals surface area contributed by atoms with Gasteiger partial charge < -0.3 is 19.5 Å². The summed E-state index contributed by atoms with van der Waals surface area (Å²) < 4.78 is 16.1. The predicted molar refractivity (Wildman–Crippen MR) is 88.2 cm³/mol. The zero-order chi connectivity index (χ0) is 16.7. The Balaban J connectivity index is 2.39. The fraction of sp³-hybridized carbons (Fsp3) is 0.278. The zero-order valence-electron chi connectivity index (χ0n) is 13.5. The molecule has 23 heavy (non-hydrogen) atoms. The standard InChI is InChI=1S/C18H21NO4/c1-4-23-14-7-5-13(6-8-14)18(19-12-20)16-10-9-15(21-2)11-17(16)22-3/h5-12,18H,4H2,1-3H3,(H,19,20). The van der Waals surface area contributed by atoms with Crippen molar-refractivity contribution in [3.63, 3.8) is 0 Å². The number of methoxy groups -OCH3 is 2. The summed E-state index contributed by atoms with van der Waals surface area (Å²) in [4.78, 5) is 11.1. The number of hydrogen-bond acceptors (Lipinski definition) is 4. The van der Waals surface area contributed by atoms with E-state index in [0.717, 1.165) is 16.9 Å². The molecular weight excluding hydrogens is 294 g/mol. The van der Waals surface area contributed by atoms with Crippen LogP contribution >= 0.6 is 0 Å². The Morgan fingerprint density at radius 1 is 1.04 bits per heavy atom. The minimum atomic E-state index is -0.316. The molecule has 0 saturated heterocycles. The average Bonchev–Trinajstić information content (AvgIpc) is 2.60. The minimum Gasteiger partial charge on any atom is -0.497 e. The normalized spacial score (nSPS) is 11.4. The summed E-state index contributed by atoms with van der Waals surface area (Å²) >= 11 is 0. The summed E-state index contributed by atoms with van der Waals surface area (Å²) in [5.41, 5.74) is 1.79. The number of carbonyl (C=O) groups excluding carboxylic acids is 1. The van der Waals surface area contributed by atoms with Crippen molar-refractivity contribution >= 4 is 6.41 Å². The molecule has 1 unspecified atom stereocenters. The average molecular weight is 315 g/mol. The Kier molecular flexibility index (Phi) is 5.86. The van der Waals surface area contributed by atoms with Crippen molar-refractivity contribution in [1.82, 2.24) is 5.32 Å². The van der Waals surface area contributed by atoms with E-state index in [1.54, 1.807) is 20.3 Å². The van der Waals surface area contributed by atoms with Crippen molar-refractivity contribution in [2.24, 2.45) is 0 Å². The van der Waals surface area contributed by atoms with Crippen molar-refractivity contribution in [1.29, 1.82) is 0 Å². The van der Waals surface area contributed by atoms with Crippen LogP contribution in [0.2, 0.25) is 0 Å². The SMILES string of the molecule is CCOc1ccc(C(NC=O)c2ccc(OC)cc2OC)cc1. The Hall–Kier alpha value is -2.69. The summed E-state index contributed by atoms with van der Waals surface area (Å²) in [5.74, 6) is 2.14. The molecule has 0 aliphatic rings. The van der Waals surface area contributed by atoms with Crippen LogP contribution in [0.4, 0.5) is 0 Å². The second kappa shape index (κ2) is 8.08. The summed E-state index contributed by atoms with van der Waals surface area (Å²) in [5, 5.41) is 2.84. The van der Waals surface area contributed by atoms with Crippen LogP contribution in [0.3, 0.4) is 0 Å². The quantitative estimate of drug-likeness (QED) is 0.761. The van der Waals surface area contributed by atoms with Crippen molar-refractivity contribution in [2.45, 2.75) is 13.0 Å². The summed E-state index contributed by atoms with van der Waals surface area (Å²) in [6.45, 7) is 2.55. The van der Waals surface area contributed by atoms with Crippen LogP contribution in [0.25, 0.3) is 0 Å². The fourth-order valence-electron chi connectivity index (χ4n) is 2.41. The first-order chi connectivity index (χ1) is 11.2. The van der Waals surface area contributed by atoms with E-state index in [4.69, 9.17) is 14.2 Å². The van der Waals surface area contributed by atoms with Crippen LogP contribution < -0.4 is 19.5 Å². The molecule has 5 heteroatoms. The first-order valence-electron chi connectivity index (χ1n) is 7.37. The monoisotopic (exact) mass is 315 g/mol. The number of hydrogen-bond donors (Lipinski definition) is 1. The molecule has 1 atom stereocenters. The molecule has 5 nitrogen and oxygen atoms in total. The maximum Gasteiger partial charge on any atom is 0.207 e. The largest absolute Gasteiger partial charge is 0.497 e. The number of carbonyl (C=O) groups is 1. The molecule has 0 aromatic heterocycles. The number of benzene rings is 2. The first kappa shape index (κ1) is 16.7. The second-order valence-corrected chi connectivity index (χ2v) is 4.83. The van der Waals surface area contributed by atoms with Crippen LogP contribution in [0.15, 0.2) is 42.5 Å². The highest BCUT2D eigenvalue weighted by Crippen LogP contribution is 2.33. The lowest BCUT2D eigenvalue weighted by molar-refractivity contribution is -0.110. The number of nitrogens with one attached hydrogen (secondary N) is 1. The van der Waals surface area contributed by atoms with Gasteiger partial charge in [0, 0.05) is 11.6 Å². The van der Waals surface area contributed by atoms with Crippen molar-refractivity contribution in [3.05, 3.63) is 53.6 Å². The zero-order valence-corrected chi connectivity index (χ0v) is 13.5. The highest BCUT2D eigenvalue weighted by Gasteiger charge is 2.18. The van der Waals surface area contributed by atoms with Gasteiger partial charge in [-0.2, -0.15) is 0 Å². The van der Waals surface area contributed by atoms with Crippen LogP contribution in [0.5, 0.6) is 17.2 Å². The second-order valence-electron chi connectivity index (χ2n) is 4.83. The van der Waals surface area contributed by atoms with E-state index in [2.05, 4.69) is 5.32 Å². The molecule has 2 aromatic carbocycles. The van der Waals surface area contributed by atoms with E-state index in [1.807, 2.05) is 43.3 Å². The molecule has 0 aliphatic carbocycles. The smallest absolute Gasteiger partial charge is 0.207 e. The Bertz CT molecular complexity index is 640. The van der Waals surface area contributed by atoms with Gasteiger partial charge in [0.15, 0.2) is 0 Å².